The second-order valence-electron chi connectivity index (χ2n) is 6.59. The van der Waals surface area contributed by atoms with E-state index in [4.69, 9.17) is 4.99 Å². The monoisotopic (exact) mass is 454 g/mol. The number of carbonyl (C=O) groups is 1. The van der Waals surface area contributed by atoms with Gasteiger partial charge in [-0.1, -0.05) is 22.0 Å². The van der Waals surface area contributed by atoms with Crippen LogP contribution in [-0.2, 0) is 9.53 Å². The number of hydrogen-bond donors (Lipinski definition) is 0. The summed E-state index contributed by atoms with van der Waals surface area (Å²) in [6, 6.07) is 11.8. The molecule has 0 N–H and O–H groups in total. The minimum Gasteiger partial charge on any atom is -0.388 e. The van der Waals surface area contributed by atoms with Gasteiger partial charge < -0.3 is 9.53 Å². The Kier molecular flexibility index (Phi) is 7.06. The van der Waals surface area contributed by atoms with Gasteiger partial charge in [-0.25, -0.2) is 4.98 Å². The molecule has 1 aromatic carbocycles. The van der Waals surface area contributed by atoms with Crippen molar-refractivity contribution < 1.29 is 9.53 Å². The van der Waals surface area contributed by atoms with Gasteiger partial charge in [0.2, 0.25) is 0 Å². The summed E-state index contributed by atoms with van der Waals surface area (Å²) in [7, 11) is 3.25. The van der Waals surface area contributed by atoms with Crippen molar-refractivity contribution in [1.82, 2.24) is 14.5 Å². The molecule has 4 rings (SSSR count). The van der Waals surface area contributed by atoms with E-state index in [1.54, 1.807) is 20.4 Å². The molecule has 150 valence electrons. The van der Waals surface area contributed by atoms with Crippen molar-refractivity contribution in [2.24, 2.45) is 4.99 Å². The van der Waals surface area contributed by atoms with E-state index >= 15 is 0 Å². The number of aliphatic imine (C=N–C) groups is 1. The fourth-order valence-electron chi connectivity index (χ4n) is 3.34. The highest BCUT2D eigenvalue weighted by Gasteiger charge is 2.26. The molecule has 29 heavy (non-hydrogen) atoms. The Morgan fingerprint density at radius 2 is 2.00 bits per heavy atom. The first kappa shape index (κ1) is 21.1. The summed E-state index contributed by atoms with van der Waals surface area (Å²) < 4.78 is 7.36. The highest BCUT2D eigenvalue weighted by Crippen LogP contribution is 2.34. The number of fused-ring (bicyclic) bond motifs is 3. The van der Waals surface area contributed by atoms with Gasteiger partial charge in [0.05, 0.1) is 35.0 Å². The summed E-state index contributed by atoms with van der Waals surface area (Å²) >= 11 is 3.58. The van der Waals surface area contributed by atoms with E-state index < -0.39 is 0 Å². The van der Waals surface area contributed by atoms with E-state index in [0.717, 1.165) is 44.9 Å². The number of hydrogen-bond acceptors (Lipinski definition) is 5. The van der Waals surface area contributed by atoms with Crippen LogP contribution in [0.5, 0.6) is 0 Å². The average molecular weight is 455 g/mol. The molecular weight excluding hydrogens is 432 g/mol. The molecule has 0 aliphatic carbocycles. The van der Waals surface area contributed by atoms with Crippen molar-refractivity contribution in [3.8, 4) is 5.69 Å². The van der Waals surface area contributed by atoms with Crippen molar-refractivity contribution in [2.45, 2.75) is 25.8 Å². The van der Waals surface area contributed by atoms with Gasteiger partial charge in [-0.05, 0) is 43.7 Å². The van der Waals surface area contributed by atoms with Crippen LogP contribution in [0.25, 0.3) is 5.69 Å². The topological polar surface area (TPSA) is 69.4 Å². The lowest BCUT2D eigenvalue weighted by Crippen LogP contribution is -2.09. The number of rotatable bonds is 4. The van der Waals surface area contributed by atoms with Gasteiger partial charge in [-0.2, -0.15) is 0 Å². The van der Waals surface area contributed by atoms with Gasteiger partial charge in [0.1, 0.15) is 12.1 Å². The van der Waals surface area contributed by atoms with Gasteiger partial charge in [-0.3, -0.25) is 14.5 Å². The Morgan fingerprint density at radius 1 is 1.21 bits per heavy atom. The number of carbonyl (C=O) groups excluding carboxylic acids is 1. The molecule has 1 atom stereocenters. The molecule has 3 aromatic rings. The molecule has 1 aliphatic heterocycles. The number of aldehydes is 1. The molecule has 0 saturated heterocycles. The van der Waals surface area contributed by atoms with Crippen molar-refractivity contribution in [2.75, 3.05) is 14.2 Å². The van der Waals surface area contributed by atoms with Crippen LogP contribution in [0.2, 0.25) is 0 Å². The third kappa shape index (κ3) is 4.52. The maximum atomic E-state index is 11.0. The Labute approximate surface area is 178 Å². The zero-order valence-corrected chi connectivity index (χ0v) is 18.3. The Balaban J connectivity index is 0.000000755. The van der Waals surface area contributed by atoms with Gasteiger partial charge in [0.25, 0.3) is 0 Å². The van der Waals surface area contributed by atoms with Crippen molar-refractivity contribution in [3.63, 3.8) is 0 Å². The summed E-state index contributed by atoms with van der Waals surface area (Å²) in [5, 5.41) is 0. The lowest BCUT2D eigenvalue weighted by atomic mass is 10.0. The van der Waals surface area contributed by atoms with Crippen molar-refractivity contribution in [3.05, 3.63) is 76.0 Å². The van der Waals surface area contributed by atoms with Crippen LogP contribution >= 0.6 is 15.9 Å². The van der Waals surface area contributed by atoms with Crippen molar-refractivity contribution >= 4 is 27.9 Å². The number of benzene rings is 1. The predicted molar refractivity (Wildman–Crippen MR) is 117 cm³/mol. The average Bonchev–Trinajstić information content (AvgIpc) is 3.04. The number of methoxy groups -OCH3 is 1. The molecule has 0 bridgehead atoms. The zero-order valence-electron chi connectivity index (χ0n) is 16.7. The molecule has 0 saturated carbocycles. The predicted octanol–water partition coefficient (Wildman–Crippen LogP) is 4.47. The van der Waals surface area contributed by atoms with E-state index in [1.807, 2.05) is 37.4 Å². The standard InChI is InChI=1S/C20H17BrN4O.C2H6O/c1-13-23-12-19-16(6-4-10-26)24-20(17-5-2-3-9-22-17)15-11-14(21)7-8-18(15)25(13)19;1-3-2/h2-3,5,7-12,16H,4,6H2,1H3;1-2H3/t16-;/m0./s1. The van der Waals surface area contributed by atoms with Crippen molar-refractivity contribution in [1.29, 1.82) is 0 Å². The van der Waals surface area contributed by atoms with E-state index in [1.165, 1.54) is 0 Å². The van der Waals surface area contributed by atoms with E-state index in [0.29, 0.717) is 12.8 Å². The molecule has 0 radical (unpaired) electrons. The first-order chi connectivity index (χ1) is 14.1. The first-order valence-electron chi connectivity index (χ1n) is 9.28. The Morgan fingerprint density at radius 3 is 2.69 bits per heavy atom. The summed E-state index contributed by atoms with van der Waals surface area (Å²) in [6.07, 6.45) is 5.67. The largest absolute Gasteiger partial charge is 0.388 e. The van der Waals surface area contributed by atoms with Crippen LogP contribution in [0.15, 0.2) is 58.3 Å². The second kappa shape index (κ2) is 9.71. The molecule has 1 aliphatic rings. The minimum atomic E-state index is -0.149. The quantitative estimate of drug-likeness (QED) is 0.545. The van der Waals surface area contributed by atoms with Gasteiger partial charge in [0, 0.05) is 36.9 Å². The molecule has 0 unspecified atom stereocenters. The van der Waals surface area contributed by atoms with Crippen LogP contribution in [-0.4, -0.2) is 40.8 Å². The van der Waals surface area contributed by atoms with E-state index in [9.17, 15) is 4.79 Å². The zero-order chi connectivity index (χ0) is 20.8. The van der Waals surface area contributed by atoms with Gasteiger partial charge in [0.15, 0.2) is 0 Å². The Bertz CT molecular complexity index is 1010. The molecule has 2 aromatic heterocycles. The van der Waals surface area contributed by atoms with Crippen LogP contribution in [0.3, 0.4) is 0 Å². The number of aromatic nitrogens is 3. The maximum Gasteiger partial charge on any atom is 0.120 e. The molecule has 3 heterocycles. The number of halogens is 1. The number of aryl methyl sites for hydroxylation is 1. The first-order valence-corrected chi connectivity index (χ1v) is 10.1. The van der Waals surface area contributed by atoms with Crippen LogP contribution in [0.1, 0.15) is 41.7 Å². The molecule has 7 heteroatoms. The SMILES string of the molecule is COC.Cc1ncc2n1-c1ccc(Br)cc1C(c1ccccn1)=N[C@H]2CCC=O. The third-order valence-electron chi connectivity index (χ3n) is 4.51. The van der Waals surface area contributed by atoms with Crippen LogP contribution < -0.4 is 0 Å². The highest BCUT2D eigenvalue weighted by molar-refractivity contribution is 9.10. The molecule has 6 nitrogen and oxygen atoms in total. The number of ether oxygens (including phenoxy) is 1. The summed E-state index contributed by atoms with van der Waals surface area (Å²) in [5.41, 5.74) is 4.67. The number of pyridine rings is 1. The Hall–Kier alpha value is -2.64. The summed E-state index contributed by atoms with van der Waals surface area (Å²) in [5.74, 6) is 0.900. The summed E-state index contributed by atoms with van der Waals surface area (Å²) in [6.45, 7) is 1.98. The van der Waals surface area contributed by atoms with Gasteiger partial charge in [-0.15, -0.1) is 0 Å². The van der Waals surface area contributed by atoms with Gasteiger partial charge >= 0.3 is 0 Å². The van der Waals surface area contributed by atoms with E-state index in [2.05, 4.69) is 47.3 Å². The third-order valence-corrected chi connectivity index (χ3v) is 5.01. The molecular formula is C22H23BrN4O2. The lowest BCUT2D eigenvalue weighted by Gasteiger charge is -2.14. The minimum absolute atomic E-state index is 0.149. The molecule has 0 amide bonds. The smallest absolute Gasteiger partial charge is 0.120 e. The fraction of sp³-hybridized carbons (Fsp3) is 0.273. The normalized spacial score (nSPS) is 14.6. The highest BCUT2D eigenvalue weighted by atomic mass is 79.9. The second-order valence-corrected chi connectivity index (χ2v) is 7.50. The number of nitrogens with zero attached hydrogens (tertiary/aromatic N) is 4. The van der Waals surface area contributed by atoms with Crippen LogP contribution in [0, 0.1) is 6.92 Å². The fourth-order valence-corrected chi connectivity index (χ4v) is 3.70. The molecule has 0 spiro atoms. The maximum absolute atomic E-state index is 11.0. The number of imidazole rings is 1. The molecule has 0 fully saturated rings. The van der Waals surface area contributed by atoms with Crippen LogP contribution in [0.4, 0.5) is 0 Å². The lowest BCUT2D eigenvalue weighted by molar-refractivity contribution is -0.108. The van der Waals surface area contributed by atoms with E-state index in [-0.39, 0.29) is 6.04 Å². The summed E-state index contributed by atoms with van der Waals surface area (Å²) in [4.78, 5) is 25.0.